The Balaban J connectivity index is 2.52. The summed E-state index contributed by atoms with van der Waals surface area (Å²) in [6.07, 6.45) is 0. The van der Waals surface area contributed by atoms with Crippen molar-refractivity contribution in [1.29, 1.82) is 0 Å². The van der Waals surface area contributed by atoms with Gasteiger partial charge in [-0.15, -0.1) is 0 Å². The first-order chi connectivity index (χ1) is 9.02. The zero-order chi connectivity index (χ0) is 14.0. The van der Waals surface area contributed by atoms with E-state index in [0.29, 0.717) is 5.56 Å². The molecule has 1 nitrogen and oxygen atoms in total. The molecule has 0 fully saturated rings. The Bertz CT molecular complexity index is 590. The molecule has 2 aromatic rings. The number of hydrogen-bond donors (Lipinski definition) is 1. The minimum Gasteiger partial charge on any atom is -0.309 e. The largest absolute Gasteiger partial charge is 0.309 e. The van der Waals surface area contributed by atoms with Gasteiger partial charge in [-0.3, -0.25) is 0 Å². The standard InChI is InChI=1S/C17H20FN/c1-11-5-7-13(3)15(9-11)17(19-4)14-8-6-12(2)10-16(14)18/h5-10,17,19H,1-4H3. The van der Waals surface area contributed by atoms with Gasteiger partial charge in [-0.1, -0.05) is 35.9 Å². The van der Waals surface area contributed by atoms with Crippen LogP contribution in [0.25, 0.3) is 0 Å². The van der Waals surface area contributed by atoms with Crippen LogP contribution >= 0.6 is 0 Å². The summed E-state index contributed by atoms with van der Waals surface area (Å²) in [6.45, 7) is 6.02. The van der Waals surface area contributed by atoms with Crippen LogP contribution in [0, 0.1) is 26.6 Å². The van der Waals surface area contributed by atoms with Crippen molar-refractivity contribution in [2.45, 2.75) is 26.8 Å². The second kappa shape index (κ2) is 5.54. The Labute approximate surface area is 114 Å². The molecule has 1 atom stereocenters. The summed E-state index contributed by atoms with van der Waals surface area (Å²) in [6, 6.07) is 11.6. The molecule has 0 radical (unpaired) electrons. The van der Waals surface area contributed by atoms with Crippen LogP contribution in [0.2, 0.25) is 0 Å². The summed E-state index contributed by atoms with van der Waals surface area (Å²) >= 11 is 0. The van der Waals surface area contributed by atoms with Crippen molar-refractivity contribution in [1.82, 2.24) is 5.32 Å². The van der Waals surface area contributed by atoms with Gasteiger partial charge < -0.3 is 5.32 Å². The highest BCUT2D eigenvalue weighted by molar-refractivity contribution is 5.40. The minimum absolute atomic E-state index is 0.111. The number of rotatable bonds is 3. The first-order valence-electron chi connectivity index (χ1n) is 6.53. The number of benzene rings is 2. The molecular weight excluding hydrogens is 237 g/mol. The molecule has 1 unspecified atom stereocenters. The van der Waals surface area contributed by atoms with Crippen LogP contribution in [0.5, 0.6) is 0 Å². The normalized spacial score (nSPS) is 12.5. The van der Waals surface area contributed by atoms with E-state index in [1.54, 1.807) is 6.07 Å². The molecule has 0 bridgehead atoms. The fourth-order valence-corrected chi connectivity index (χ4v) is 2.42. The molecule has 1 N–H and O–H groups in total. The predicted molar refractivity (Wildman–Crippen MR) is 78.0 cm³/mol. The van der Waals surface area contributed by atoms with Gasteiger partial charge in [0.25, 0.3) is 0 Å². The summed E-state index contributed by atoms with van der Waals surface area (Å²) in [7, 11) is 1.87. The van der Waals surface area contributed by atoms with Gasteiger partial charge in [0.15, 0.2) is 0 Å². The zero-order valence-corrected chi connectivity index (χ0v) is 11.9. The lowest BCUT2D eigenvalue weighted by Gasteiger charge is -2.21. The van der Waals surface area contributed by atoms with Gasteiger partial charge in [-0.25, -0.2) is 4.39 Å². The van der Waals surface area contributed by atoms with Crippen LogP contribution < -0.4 is 5.32 Å². The van der Waals surface area contributed by atoms with E-state index in [1.807, 2.05) is 26.1 Å². The van der Waals surface area contributed by atoms with E-state index < -0.39 is 0 Å². The summed E-state index contributed by atoms with van der Waals surface area (Å²) in [5.74, 6) is -0.153. The third kappa shape index (κ3) is 2.85. The predicted octanol–water partition coefficient (Wildman–Crippen LogP) is 4.06. The lowest BCUT2D eigenvalue weighted by molar-refractivity contribution is 0.574. The van der Waals surface area contributed by atoms with Gasteiger partial charge in [0.1, 0.15) is 5.82 Å². The molecule has 0 aliphatic rings. The van der Waals surface area contributed by atoms with E-state index in [2.05, 4.69) is 37.4 Å². The fraction of sp³-hybridized carbons (Fsp3) is 0.294. The first-order valence-corrected chi connectivity index (χ1v) is 6.53. The van der Waals surface area contributed by atoms with Crippen LogP contribution in [-0.4, -0.2) is 7.05 Å². The molecule has 0 amide bonds. The van der Waals surface area contributed by atoms with Gasteiger partial charge in [-0.05, 0) is 50.6 Å². The van der Waals surface area contributed by atoms with Crippen molar-refractivity contribution in [2.75, 3.05) is 7.05 Å². The van der Waals surface area contributed by atoms with Gasteiger partial charge in [0, 0.05) is 5.56 Å². The van der Waals surface area contributed by atoms with Crippen molar-refractivity contribution in [3.8, 4) is 0 Å². The van der Waals surface area contributed by atoms with E-state index in [9.17, 15) is 4.39 Å². The maximum Gasteiger partial charge on any atom is 0.128 e. The monoisotopic (exact) mass is 257 g/mol. The molecule has 0 spiro atoms. The maximum atomic E-state index is 14.2. The summed E-state index contributed by atoms with van der Waals surface area (Å²) in [5, 5.41) is 3.22. The van der Waals surface area contributed by atoms with E-state index in [1.165, 1.54) is 11.1 Å². The van der Waals surface area contributed by atoms with E-state index >= 15 is 0 Å². The topological polar surface area (TPSA) is 12.0 Å². The Morgan fingerprint density at radius 1 is 0.895 bits per heavy atom. The molecule has 0 saturated heterocycles. The van der Waals surface area contributed by atoms with Crippen LogP contribution in [0.4, 0.5) is 4.39 Å². The Hall–Kier alpha value is -1.67. The maximum absolute atomic E-state index is 14.2. The lowest BCUT2D eigenvalue weighted by Crippen LogP contribution is -2.20. The highest BCUT2D eigenvalue weighted by Gasteiger charge is 2.18. The number of hydrogen-bond acceptors (Lipinski definition) is 1. The Morgan fingerprint density at radius 3 is 2.16 bits per heavy atom. The average Bonchev–Trinajstić information content (AvgIpc) is 2.36. The van der Waals surface area contributed by atoms with E-state index in [4.69, 9.17) is 0 Å². The summed E-state index contributed by atoms with van der Waals surface area (Å²) in [5.41, 5.74) is 5.13. The smallest absolute Gasteiger partial charge is 0.128 e. The number of halogens is 1. The Morgan fingerprint density at radius 2 is 1.53 bits per heavy atom. The fourth-order valence-electron chi connectivity index (χ4n) is 2.42. The summed E-state index contributed by atoms with van der Waals surface area (Å²) in [4.78, 5) is 0. The molecular formula is C17H20FN. The molecule has 19 heavy (non-hydrogen) atoms. The lowest BCUT2D eigenvalue weighted by atomic mass is 9.93. The van der Waals surface area contributed by atoms with Crippen LogP contribution in [0.15, 0.2) is 36.4 Å². The molecule has 0 aliphatic heterocycles. The SMILES string of the molecule is CNC(c1cc(C)ccc1C)c1ccc(C)cc1F. The first kappa shape index (κ1) is 13.8. The Kier molecular flexibility index (Phi) is 4.01. The molecule has 100 valence electrons. The molecule has 0 saturated carbocycles. The van der Waals surface area contributed by atoms with Crippen molar-refractivity contribution in [2.24, 2.45) is 0 Å². The molecule has 0 aromatic heterocycles. The minimum atomic E-state index is -0.153. The van der Waals surface area contributed by atoms with Gasteiger partial charge in [0.2, 0.25) is 0 Å². The van der Waals surface area contributed by atoms with Crippen LogP contribution in [0.3, 0.4) is 0 Å². The van der Waals surface area contributed by atoms with Gasteiger partial charge in [-0.2, -0.15) is 0 Å². The number of nitrogens with one attached hydrogen (secondary N) is 1. The number of aryl methyl sites for hydroxylation is 3. The highest BCUT2D eigenvalue weighted by atomic mass is 19.1. The second-order valence-corrected chi connectivity index (χ2v) is 5.11. The van der Waals surface area contributed by atoms with Crippen molar-refractivity contribution in [3.63, 3.8) is 0 Å². The van der Waals surface area contributed by atoms with Gasteiger partial charge >= 0.3 is 0 Å². The van der Waals surface area contributed by atoms with Crippen LogP contribution in [-0.2, 0) is 0 Å². The third-order valence-electron chi connectivity index (χ3n) is 3.50. The van der Waals surface area contributed by atoms with Crippen molar-refractivity contribution < 1.29 is 4.39 Å². The second-order valence-electron chi connectivity index (χ2n) is 5.11. The molecule has 0 aliphatic carbocycles. The zero-order valence-electron chi connectivity index (χ0n) is 11.9. The molecule has 2 heteroatoms. The average molecular weight is 257 g/mol. The molecule has 2 rings (SSSR count). The van der Waals surface area contributed by atoms with Gasteiger partial charge in [0.05, 0.1) is 6.04 Å². The molecule has 0 heterocycles. The van der Waals surface area contributed by atoms with Crippen molar-refractivity contribution in [3.05, 3.63) is 70.0 Å². The summed E-state index contributed by atoms with van der Waals surface area (Å²) < 4.78 is 14.2. The van der Waals surface area contributed by atoms with Crippen LogP contribution in [0.1, 0.15) is 33.9 Å². The third-order valence-corrected chi connectivity index (χ3v) is 3.50. The van der Waals surface area contributed by atoms with E-state index in [-0.39, 0.29) is 11.9 Å². The van der Waals surface area contributed by atoms with Crippen molar-refractivity contribution >= 4 is 0 Å². The highest BCUT2D eigenvalue weighted by Crippen LogP contribution is 2.27. The quantitative estimate of drug-likeness (QED) is 0.874. The van der Waals surface area contributed by atoms with E-state index in [0.717, 1.165) is 11.1 Å². The molecule has 2 aromatic carbocycles.